The van der Waals surface area contributed by atoms with E-state index in [0.29, 0.717) is 0 Å². The van der Waals surface area contributed by atoms with Crippen molar-refractivity contribution in [2.24, 2.45) is 0 Å². The number of halogens is 1. The van der Waals surface area contributed by atoms with Gasteiger partial charge in [0.25, 0.3) is 0 Å². The Morgan fingerprint density at radius 2 is 1.88 bits per heavy atom. The molecular weight excluding hydrogens is 263 g/mol. The Balaban J connectivity index is 2.33. The molecule has 2 rings (SSSR count). The van der Waals surface area contributed by atoms with Gasteiger partial charge in [0, 0.05) is 4.88 Å². The van der Waals surface area contributed by atoms with Gasteiger partial charge in [-0.2, -0.15) is 8.42 Å². The van der Waals surface area contributed by atoms with E-state index < -0.39 is 15.9 Å². The minimum absolute atomic E-state index is 0.0678. The molecule has 3 nitrogen and oxygen atoms in total. The minimum atomic E-state index is -3.94. The van der Waals surface area contributed by atoms with E-state index in [-0.39, 0.29) is 9.96 Å². The average Bonchev–Trinajstić information content (AvgIpc) is 2.69. The van der Waals surface area contributed by atoms with Crippen LogP contribution in [0.5, 0.6) is 5.75 Å². The van der Waals surface area contributed by atoms with Crippen molar-refractivity contribution in [3.05, 3.63) is 47.1 Å². The Labute approximate surface area is 103 Å². The van der Waals surface area contributed by atoms with Gasteiger partial charge in [-0.3, -0.25) is 0 Å². The molecule has 0 saturated carbocycles. The maximum Gasteiger partial charge on any atom is 0.348 e. The van der Waals surface area contributed by atoms with Crippen LogP contribution in [0.4, 0.5) is 4.39 Å². The standard InChI is InChI=1S/C11H9FO3S2/c1-8-6-7-11(16-8)17(13,14)15-10-5-3-2-4-9(10)12/h2-7H,1H3. The van der Waals surface area contributed by atoms with Crippen molar-refractivity contribution in [3.8, 4) is 5.75 Å². The molecule has 0 aliphatic carbocycles. The van der Waals surface area contributed by atoms with E-state index >= 15 is 0 Å². The number of benzene rings is 1. The van der Waals surface area contributed by atoms with Crippen LogP contribution in [-0.4, -0.2) is 8.42 Å². The molecule has 0 unspecified atom stereocenters. The van der Waals surface area contributed by atoms with E-state index in [9.17, 15) is 12.8 Å². The van der Waals surface area contributed by atoms with Gasteiger partial charge < -0.3 is 4.18 Å². The zero-order valence-electron chi connectivity index (χ0n) is 8.88. The van der Waals surface area contributed by atoms with Crippen LogP contribution in [0.1, 0.15) is 4.88 Å². The lowest BCUT2D eigenvalue weighted by Gasteiger charge is -2.05. The second-order valence-electron chi connectivity index (χ2n) is 3.33. The SMILES string of the molecule is Cc1ccc(S(=O)(=O)Oc2ccccc2F)s1. The van der Waals surface area contributed by atoms with Gasteiger partial charge in [0.1, 0.15) is 0 Å². The second kappa shape index (κ2) is 4.46. The lowest BCUT2D eigenvalue weighted by molar-refractivity contribution is 0.463. The van der Waals surface area contributed by atoms with Crippen LogP contribution in [0.3, 0.4) is 0 Å². The highest BCUT2D eigenvalue weighted by molar-refractivity contribution is 7.89. The fraction of sp³-hybridized carbons (Fsp3) is 0.0909. The number of hydrogen-bond donors (Lipinski definition) is 0. The molecule has 1 heterocycles. The first-order chi connectivity index (χ1) is 7.99. The molecule has 0 saturated heterocycles. The van der Waals surface area contributed by atoms with Gasteiger partial charge in [0.05, 0.1) is 0 Å². The summed E-state index contributed by atoms with van der Waals surface area (Å²) in [5.41, 5.74) is 0. The van der Waals surface area contributed by atoms with Crippen molar-refractivity contribution >= 4 is 21.5 Å². The molecule has 6 heteroatoms. The highest BCUT2D eigenvalue weighted by atomic mass is 32.3. The monoisotopic (exact) mass is 272 g/mol. The molecule has 0 atom stereocenters. The number of thiophene rings is 1. The third-order valence-corrected chi connectivity index (χ3v) is 4.68. The summed E-state index contributed by atoms with van der Waals surface area (Å²) < 4.78 is 41.6. The topological polar surface area (TPSA) is 43.4 Å². The molecule has 0 fully saturated rings. The van der Waals surface area contributed by atoms with Crippen LogP contribution in [0.25, 0.3) is 0 Å². The van der Waals surface area contributed by atoms with E-state index in [4.69, 9.17) is 4.18 Å². The second-order valence-corrected chi connectivity index (χ2v) is 6.39. The maximum absolute atomic E-state index is 13.3. The summed E-state index contributed by atoms with van der Waals surface area (Å²) in [5, 5.41) is 0. The summed E-state index contributed by atoms with van der Waals surface area (Å²) in [4.78, 5) is 0.848. The first kappa shape index (κ1) is 12.1. The van der Waals surface area contributed by atoms with Crippen molar-refractivity contribution < 1.29 is 17.0 Å². The van der Waals surface area contributed by atoms with Gasteiger partial charge in [0.2, 0.25) is 0 Å². The molecule has 0 N–H and O–H groups in total. The van der Waals surface area contributed by atoms with Gasteiger partial charge in [-0.1, -0.05) is 12.1 Å². The molecule has 90 valence electrons. The zero-order chi connectivity index (χ0) is 12.5. The molecule has 2 aromatic rings. The van der Waals surface area contributed by atoms with E-state index in [1.54, 1.807) is 13.0 Å². The molecule has 0 spiro atoms. The van der Waals surface area contributed by atoms with Crippen LogP contribution in [0, 0.1) is 12.7 Å². The van der Waals surface area contributed by atoms with E-state index in [2.05, 4.69) is 0 Å². The van der Waals surface area contributed by atoms with Gasteiger partial charge >= 0.3 is 10.1 Å². The minimum Gasteiger partial charge on any atom is -0.375 e. The predicted molar refractivity (Wildman–Crippen MR) is 63.3 cm³/mol. The molecule has 0 amide bonds. The zero-order valence-corrected chi connectivity index (χ0v) is 10.5. The summed E-state index contributed by atoms with van der Waals surface area (Å²) >= 11 is 1.08. The summed E-state index contributed by atoms with van der Waals surface area (Å²) in [6.45, 7) is 1.78. The van der Waals surface area contributed by atoms with Crippen LogP contribution in [-0.2, 0) is 10.1 Å². The normalized spacial score (nSPS) is 11.4. The highest BCUT2D eigenvalue weighted by Gasteiger charge is 2.20. The summed E-state index contributed by atoms with van der Waals surface area (Å²) in [5.74, 6) is -0.997. The maximum atomic E-state index is 13.3. The number of para-hydroxylation sites is 1. The summed E-state index contributed by atoms with van der Waals surface area (Å²) in [6.07, 6.45) is 0. The first-order valence-corrected chi connectivity index (χ1v) is 6.97. The number of hydrogen-bond acceptors (Lipinski definition) is 4. The summed E-state index contributed by atoms with van der Waals surface area (Å²) in [7, 11) is -3.94. The molecule has 1 aromatic heterocycles. The molecular formula is C11H9FO3S2. The highest BCUT2D eigenvalue weighted by Crippen LogP contribution is 2.25. The molecule has 17 heavy (non-hydrogen) atoms. The average molecular weight is 272 g/mol. The Hall–Kier alpha value is -1.40. The van der Waals surface area contributed by atoms with Crippen LogP contribution in [0.2, 0.25) is 0 Å². The lowest BCUT2D eigenvalue weighted by Crippen LogP contribution is -2.08. The Bertz CT molecular complexity index is 632. The molecule has 0 aliphatic rings. The molecule has 0 bridgehead atoms. The first-order valence-electron chi connectivity index (χ1n) is 4.74. The van der Waals surface area contributed by atoms with Crippen molar-refractivity contribution in [2.75, 3.05) is 0 Å². The molecule has 0 radical (unpaired) electrons. The largest absolute Gasteiger partial charge is 0.375 e. The number of rotatable bonds is 3. The van der Waals surface area contributed by atoms with E-state index in [0.717, 1.165) is 22.3 Å². The van der Waals surface area contributed by atoms with Crippen molar-refractivity contribution in [1.82, 2.24) is 0 Å². The van der Waals surface area contributed by atoms with Crippen LogP contribution >= 0.6 is 11.3 Å². The van der Waals surface area contributed by atoms with Crippen molar-refractivity contribution in [2.45, 2.75) is 11.1 Å². The van der Waals surface area contributed by atoms with E-state index in [1.165, 1.54) is 24.3 Å². The van der Waals surface area contributed by atoms with Gasteiger partial charge in [-0.25, -0.2) is 4.39 Å². The predicted octanol–water partition coefficient (Wildman–Crippen LogP) is 2.96. The third-order valence-electron chi connectivity index (χ3n) is 2.00. The third kappa shape index (κ3) is 2.65. The van der Waals surface area contributed by atoms with E-state index in [1.807, 2.05) is 0 Å². The fourth-order valence-corrected chi connectivity index (χ4v) is 3.40. The quantitative estimate of drug-likeness (QED) is 0.807. The Kier molecular flexibility index (Phi) is 3.17. The van der Waals surface area contributed by atoms with Gasteiger partial charge in [-0.15, -0.1) is 11.3 Å². The smallest absolute Gasteiger partial charge is 0.348 e. The molecule has 1 aromatic carbocycles. The lowest BCUT2D eigenvalue weighted by atomic mass is 10.3. The van der Waals surface area contributed by atoms with Gasteiger partial charge in [-0.05, 0) is 31.2 Å². The van der Waals surface area contributed by atoms with Gasteiger partial charge in [0.15, 0.2) is 15.8 Å². The van der Waals surface area contributed by atoms with Crippen LogP contribution < -0.4 is 4.18 Å². The Morgan fingerprint density at radius 3 is 2.47 bits per heavy atom. The van der Waals surface area contributed by atoms with Crippen LogP contribution in [0.15, 0.2) is 40.6 Å². The molecule has 0 aliphatic heterocycles. The fourth-order valence-electron chi connectivity index (χ4n) is 1.22. The van der Waals surface area contributed by atoms with Crippen molar-refractivity contribution in [1.29, 1.82) is 0 Å². The Morgan fingerprint density at radius 1 is 1.18 bits per heavy atom. The van der Waals surface area contributed by atoms with Crippen molar-refractivity contribution in [3.63, 3.8) is 0 Å². The number of aryl methyl sites for hydroxylation is 1. The summed E-state index contributed by atoms with van der Waals surface area (Å²) in [6, 6.07) is 8.49.